The topological polar surface area (TPSA) is 111 Å². The van der Waals surface area contributed by atoms with Crippen molar-refractivity contribution in [3.63, 3.8) is 0 Å². The molecule has 0 aliphatic heterocycles. The Labute approximate surface area is 201 Å². The molecule has 0 bridgehead atoms. The molecule has 176 valence electrons. The predicted octanol–water partition coefficient (Wildman–Crippen LogP) is 4.30. The third kappa shape index (κ3) is 5.62. The summed E-state index contributed by atoms with van der Waals surface area (Å²) in [5.74, 6) is -0.242. The molecule has 8 heteroatoms. The van der Waals surface area contributed by atoms with Crippen LogP contribution in [0.2, 0.25) is 0 Å². The molecule has 3 aromatic carbocycles. The molecule has 0 unspecified atom stereocenters. The molecule has 4 aromatic rings. The van der Waals surface area contributed by atoms with Crippen molar-refractivity contribution in [2.75, 3.05) is 12.4 Å². The first-order valence-electron chi connectivity index (χ1n) is 10.9. The molecule has 0 fully saturated rings. The Kier molecular flexibility index (Phi) is 7.02. The van der Waals surface area contributed by atoms with Crippen molar-refractivity contribution in [3.8, 4) is 5.75 Å². The van der Waals surface area contributed by atoms with Gasteiger partial charge < -0.3 is 15.2 Å². The SMILES string of the molecule is COc1ccc(C(=O)Nc2cccc(/C=C/c3nc4ccccc4c(=O)n3CCC(=O)O)c2)cc1. The van der Waals surface area contributed by atoms with E-state index in [4.69, 9.17) is 9.84 Å². The maximum atomic E-state index is 13.0. The molecular weight excluding hydrogens is 446 g/mol. The lowest BCUT2D eigenvalue weighted by atomic mass is 10.1. The second kappa shape index (κ2) is 10.5. The molecule has 4 rings (SSSR count). The number of anilines is 1. The van der Waals surface area contributed by atoms with E-state index in [2.05, 4.69) is 10.3 Å². The van der Waals surface area contributed by atoms with Crippen molar-refractivity contribution < 1.29 is 19.4 Å². The summed E-state index contributed by atoms with van der Waals surface area (Å²) in [4.78, 5) is 41.2. The van der Waals surface area contributed by atoms with Crippen LogP contribution >= 0.6 is 0 Å². The van der Waals surface area contributed by atoms with E-state index in [9.17, 15) is 14.4 Å². The van der Waals surface area contributed by atoms with Crippen LogP contribution in [0.5, 0.6) is 5.75 Å². The zero-order valence-electron chi connectivity index (χ0n) is 19.0. The van der Waals surface area contributed by atoms with Gasteiger partial charge in [-0.2, -0.15) is 0 Å². The minimum atomic E-state index is -1.000. The van der Waals surface area contributed by atoms with Crippen molar-refractivity contribution in [1.82, 2.24) is 9.55 Å². The number of carboxylic acid groups (broad SMARTS) is 1. The summed E-state index contributed by atoms with van der Waals surface area (Å²) < 4.78 is 6.48. The standard InChI is InChI=1S/C27H23N3O5/c1-35-21-12-10-19(11-13-21)26(33)28-20-6-4-5-18(17-20)9-14-24-29-23-8-3-2-7-22(23)27(34)30(24)16-15-25(31)32/h2-14,17H,15-16H2,1H3,(H,28,33)(H,31,32)/b14-9+. The highest BCUT2D eigenvalue weighted by molar-refractivity contribution is 6.04. The Morgan fingerprint density at radius 3 is 2.54 bits per heavy atom. The Bertz CT molecular complexity index is 1470. The number of hydrogen-bond donors (Lipinski definition) is 2. The molecule has 0 atom stereocenters. The molecule has 35 heavy (non-hydrogen) atoms. The van der Waals surface area contributed by atoms with E-state index < -0.39 is 5.97 Å². The van der Waals surface area contributed by atoms with Crippen molar-refractivity contribution in [3.05, 3.63) is 100 Å². The number of aliphatic carboxylic acids is 1. The fourth-order valence-corrected chi connectivity index (χ4v) is 3.57. The summed E-state index contributed by atoms with van der Waals surface area (Å²) in [6.45, 7) is 0.00360. The number of carbonyl (C=O) groups excluding carboxylic acids is 1. The molecule has 0 aliphatic rings. The van der Waals surface area contributed by atoms with Gasteiger partial charge >= 0.3 is 5.97 Å². The maximum absolute atomic E-state index is 13.0. The lowest BCUT2D eigenvalue weighted by Gasteiger charge is -2.10. The lowest BCUT2D eigenvalue weighted by Crippen LogP contribution is -2.25. The lowest BCUT2D eigenvalue weighted by molar-refractivity contribution is -0.137. The van der Waals surface area contributed by atoms with Crippen molar-refractivity contribution in [2.24, 2.45) is 0 Å². The third-order valence-electron chi connectivity index (χ3n) is 5.36. The number of para-hydroxylation sites is 1. The van der Waals surface area contributed by atoms with Crippen LogP contribution in [0.3, 0.4) is 0 Å². The Hall–Kier alpha value is -4.72. The number of nitrogens with zero attached hydrogens (tertiary/aromatic N) is 2. The van der Waals surface area contributed by atoms with E-state index in [-0.39, 0.29) is 24.4 Å². The van der Waals surface area contributed by atoms with Crippen LogP contribution in [0.15, 0.2) is 77.6 Å². The highest BCUT2D eigenvalue weighted by atomic mass is 16.5. The van der Waals surface area contributed by atoms with Gasteiger partial charge in [-0.15, -0.1) is 0 Å². The summed E-state index contributed by atoms with van der Waals surface area (Å²) in [6.07, 6.45) is 3.23. The zero-order chi connectivity index (χ0) is 24.8. The van der Waals surface area contributed by atoms with Gasteiger partial charge in [-0.05, 0) is 60.2 Å². The number of methoxy groups -OCH3 is 1. The molecular formula is C27H23N3O5. The molecule has 8 nitrogen and oxygen atoms in total. The van der Waals surface area contributed by atoms with E-state index in [1.54, 1.807) is 86.0 Å². The Balaban J connectivity index is 1.60. The number of fused-ring (bicyclic) bond motifs is 1. The van der Waals surface area contributed by atoms with E-state index in [0.717, 1.165) is 5.56 Å². The van der Waals surface area contributed by atoms with Gasteiger partial charge in [0, 0.05) is 17.8 Å². The fourth-order valence-electron chi connectivity index (χ4n) is 3.57. The quantitative estimate of drug-likeness (QED) is 0.398. The molecule has 0 saturated heterocycles. The molecule has 1 amide bonds. The van der Waals surface area contributed by atoms with Crippen LogP contribution in [0, 0.1) is 0 Å². The van der Waals surface area contributed by atoms with Crippen LogP contribution in [0.25, 0.3) is 23.1 Å². The molecule has 2 N–H and O–H groups in total. The van der Waals surface area contributed by atoms with Gasteiger partial charge in [-0.1, -0.05) is 30.3 Å². The first-order chi connectivity index (χ1) is 16.9. The van der Waals surface area contributed by atoms with Crippen molar-refractivity contribution in [1.29, 1.82) is 0 Å². The fraction of sp³-hybridized carbons (Fsp3) is 0.111. The minimum absolute atomic E-state index is 0.00360. The van der Waals surface area contributed by atoms with E-state index in [1.165, 1.54) is 4.57 Å². The predicted molar refractivity (Wildman–Crippen MR) is 135 cm³/mol. The number of amides is 1. The summed E-state index contributed by atoms with van der Waals surface area (Å²) in [6, 6.07) is 21.0. The number of carboxylic acids is 1. The first-order valence-corrected chi connectivity index (χ1v) is 10.9. The second-order valence-electron chi connectivity index (χ2n) is 7.73. The number of carbonyl (C=O) groups is 2. The molecule has 0 radical (unpaired) electrons. The molecule has 1 aromatic heterocycles. The largest absolute Gasteiger partial charge is 0.497 e. The summed E-state index contributed by atoms with van der Waals surface area (Å²) in [7, 11) is 1.56. The Morgan fingerprint density at radius 1 is 1.03 bits per heavy atom. The molecule has 0 spiro atoms. The van der Waals surface area contributed by atoms with E-state index in [0.29, 0.717) is 33.7 Å². The number of nitrogens with one attached hydrogen (secondary N) is 1. The van der Waals surface area contributed by atoms with Gasteiger partial charge in [0.25, 0.3) is 11.5 Å². The van der Waals surface area contributed by atoms with Crippen LogP contribution in [0.4, 0.5) is 5.69 Å². The molecule has 1 heterocycles. The van der Waals surface area contributed by atoms with Crippen LogP contribution in [-0.2, 0) is 11.3 Å². The monoisotopic (exact) mass is 469 g/mol. The highest BCUT2D eigenvalue weighted by Gasteiger charge is 2.11. The van der Waals surface area contributed by atoms with E-state index in [1.807, 2.05) is 6.07 Å². The number of ether oxygens (including phenoxy) is 1. The summed E-state index contributed by atoms with van der Waals surface area (Å²) in [5.41, 5.74) is 2.10. The van der Waals surface area contributed by atoms with Gasteiger partial charge in [-0.3, -0.25) is 19.0 Å². The zero-order valence-corrected chi connectivity index (χ0v) is 19.0. The summed E-state index contributed by atoms with van der Waals surface area (Å²) in [5, 5.41) is 12.4. The van der Waals surface area contributed by atoms with Crippen molar-refractivity contribution >= 4 is 40.6 Å². The van der Waals surface area contributed by atoms with Crippen LogP contribution < -0.4 is 15.6 Å². The van der Waals surface area contributed by atoms with Gasteiger partial charge in [0.05, 0.1) is 24.4 Å². The average molecular weight is 469 g/mol. The number of hydrogen-bond acceptors (Lipinski definition) is 5. The third-order valence-corrected chi connectivity index (χ3v) is 5.36. The number of benzene rings is 3. The van der Waals surface area contributed by atoms with Crippen molar-refractivity contribution in [2.45, 2.75) is 13.0 Å². The van der Waals surface area contributed by atoms with Crippen LogP contribution in [0.1, 0.15) is 28.2 Å². The van der Waals surface area contributed by atoms with Gasteiger partial charge in [0.1, 0.15) is 11.6 Å². The normalized spacial score (nSPS) is 11.0. The average Bonchev–Trinajstić information content (AvgIpc) is 2.87. The van der Waals surface area contributed by atoms with E-state index >= 15 is 0 Å². The molecule has 0 saturated carbocycles. The number of rotatable bonds is 8. The number of aromatic nitrogens is 2. The molecule has 0 aliphatic carbocycles. The summed E-state index contributed by atoms with van der Waals surface area (Å²) >= 11 is 0. The maximum Gasteiger partial charge on any atom is 0.305 e. The van der Waals surface area contributed by atoms with Gasteiger partial charge in [-0.25, -0.2) is 4.98 Å². The highest BCUT2D eigenvalue weighted by Crippen LogP contribution is 2.17. The first kappa shape index (κ1) is 23.4. The smallest absolute Gasteiger partial charge is 0.305 e. The van der Waals surface area contributed by atoms with Crippen LogP contribution in [-0.4, -0.2) is 33.6 Å². The van der Waals surface area contributed by atoms with Gasteiger partial charge in [0.15, 0.2) is 0 Å². The minimum Gasteiger partial charge on any atom is -0.497 e. The second-order valence-corrected chi connectivity index (χ2v) is 7.73. The van der Waals surface area contributed by atoms with Gasteiger partial charge in [0.2, 0.25) is 0 Å². The Morgan fingerprint density at radius 2 is 1.80 bits per heavy atom.